The molecule has 1 aliphatic heterocycles. The van der Waals surface area contributed by atoms with E-state index >= 15 is 0 Å². The van der Waals surface area contributed by atoms with Gasteiger partial charge in [0.1, 0.15) is 0 Å². The number of nitrogens with one attached hydrogen (secondary N) is 3. The molecule has 3 aromatic rings. The lowest BCUT2D eigenvalue weighted by atomic mass is 10.1. The molecule has 25 heavy (non-hydrogen) atoms. The fourth-order valence-corrected chi connectivity index (χ4v) is 3.26. The predicted octanol–water partition coefficient (Wildman–Crippen LogP) is 2.75. The van der Waals surface area contributed by atoms with E-state index in [0.29, 0.717) is 29.8 Å². The van der Waals surface area contributed by atoms with E-state index in [2.05, 4.69) is 25.8 Å². The summed E-state index contributed by atoms with van der Waals surface area (Å²) in [6, 6.07) is 5.52. The normalized spacial score (nSPS) is 13.4. The number of H-pyrrole nitrogens is 1. The number of aromatic amines is 1. The number of carbonyl (C=O) groups excluding carboxylic acids is 1. The zero-order valence-corrected chi connectivity index (χ0v) is 15.2. The van der Waals surface area contributed by atoms with Crippen LogP contribution in [0, 0.1) is 0 Å². The van der Waals surface area contributed by atoms with Crippen molar-refractivity contribution in [3.63, 3.8) is 0 Å². The Bertz CT molecular complexity index is 932. The SMILES string of the molecule is CCn1c(NC(=O)c2n[nH]c3c2CNCC3)nc2cc(Cl)ccc21.Cl. The summed E-state index contributed by atoms with van der Waals surface area (Å²) in [5.41, 5.74) is 4.06. The monoisotopic (exact) mass is 380 g/mol. The van der Waals surface area contributed by atoms with Crippen molar-refractivity contribution in [3.05, 3.63) is 40.2 Å². The van der Waals surface area contributed by atoms with Crippen LogP contribution < -0.4 is 10.6 Å². The summed E-state index contributed by atoms with van der Waals surface area (Å²) in [4.78, 5) is 17.2. The highest BCUT2D eigenvalue weighted by molar-refractivity contribution is 6.31. The second-order valence-electron chi connectivity index (χ2n) is 5.72. The average Bonchev–Trinajstić information content (AvgIpc) is 3.15. The van der Waals surface area contributed by atoms with Crippen molar-refractivity contribution in [2.75, 3.05) is 11.9 Å². The van der Waals surface area contributed by atoms with Gasteiger partial charge < -0.3 is 9.88 Å². The third-order valence-corrected chi connectivity index (χ3v) is 4.51. The molecule has 1 aliphatic rings. The van der Waals surface area contributed by atoms with Crippen molar-refractivity contribution in [3.8, 4) is 0 Å². The number of halogens is 2. The minimum Gasteiger partial charge on any atom is -0.312 e. The highest BCUT2D eigenvalue weighted by Gasteiger charge is 2.23. The van der Waals surface area contributed by atoms with Gasteiger partial charge in [-0.25, -0.2) is 4.98 Å². The highest BCUT2D eigenvalue weighted by Crippen LogP contribution is 2.24. The molecule has 0 fully saturated rings. The fraction of sp³-hybridized carbons (Fsp3) is 0.312. The molecule has 0 unspecified atom stereocenters. The first-order chi connectivity index (χ1) is 11.7. The Kier molecular flexibility index (Phi) is 4.99. The Hall–Kier alpha value is -2.09. The van der Waals surface area contributed by atoms with Gasteiger partial charge in [-0.1, -0.05) is 11.6 Å². The van der Waals surface area contributed by atoms with Gasteiger partial charge >= 0.3 is 0 Å². The standard InChI is InChI=1S/C16H17ClN6O.ClH/c1-2-23-13-4-3-9(17)7-12(13)19-16(23)20-15(24)14-10-8-18-6-5-11(10)21-22-14;/h3-4,7,18H,2,5-6,8H2,1H3,(H,21,22)(H,19,20,24);1H. The summed E-state index contributed by atoms with van der Waals surface area (Å²) in [6.07, 6.45) is 0.849. The molecule has 1 amide bonds. The number of benzene rings is 1. The van der Waals surface area contributed by atoms with Gasteiger partial charge in [0, 0.05) is 42.3 Å². The zero-order valence-electron chi connectivity index (χ0n) is 13.6. The molecule has 9 heteroatoms. The minimum absolute atomic E-state index is 0. The highest BCUT2D eigenvalue weighted by atomic mass is 35.5. The van der Waals surface area contributed by atoms with Gasteiger partial charge in [0.05, 0.1) is 11.0 Å². The second kappa shape index (κ2) is 7.03. The molecule has 3 N–H and O–H groups in total. The molecule has 3 heterocycles. The zero-order chi connectivity index (χ0) is 16.7. The number of anilines is 1. The third-order valence-electron chi connectivity index (χ3n) is 4.27. The van der Waals surface area contributed by atoms with Crippen LogP contribution in [0.4, 0.5) is 5.95 Å². The predicted molar refractivity (Wildman–Crippen MR) is 99.6 cm³/mol. The van der Waals surface area contributed by atoms with E-state index in [9.17, 15) is 4.79 Å². The van der Waals surface area contributed by atoms with Crippen molar-refractivity contribution in [1.29, 1.82) is 0 Å². The molecule has 4 rings (SSSR count). The Morgan fingerprint density at radius 3 is 3.08 bits per heavy atom. The number of nitrogens with zero attached hydrogens (tertiary/aromatic N) is 3. The number of rotatable bonds is 3. The molecule has 0 atom stereocenters. The maximum absolute atomic E-state index is 12.7. The molecule has 1 aromatic carbocycles. The van der Waals surface area contributed by atoms with Crippen molar-refractivity contribution in [2.45, 2.75) is 26.4 Å². The van der Waals surface area contributed by atoms with Crippen LogP contribution >= 0.6 is 24.0 Å². The number of hydrogen-bond acceptors (Lipinski definition) is 4. The third kappa shape index (κ3) is 3.10. The van der Waals surface area contributed by atoms with Crippen LogP contribution in [0.3, 0.4) is 0 Å². The summed E-state index contributed by atoms with van der Waals surface area (Å²) in [6.45, 7) is 4.23. The van der Waals surface area contributed by atoms with E-state index in [4.69, 9.17) is 11.6 Å². The van der Waals surface area contributed by atoms with Gasteiger partial charge in [0.2, 0.25) is 5.95 Å². The van der Waals surface area contributed by atoms with Crippen LogP contribution in [0.15, 0.2) is 18.2 Å². The van der Waals surface area contributed by atoms with E-state index in [-0.39, 0.29) is 18.3 Å². The average molecular weight is 381 g/mol. The number of aromatic nitrogens is 4. The lowest BCUT2D eigenvalue weighted by molar-refractivity contribution is 0.102. The Balaban J connectivity index is 0.00000182. The molecule has 7 nitrogen and oxygen atoms in total. The second-order valence-corrected chi connectivity index (χ2v) is 6.16. The van der Waals surface area contributed by atoms with Gasteiger partial charge in [-0.2, -0.15) is 5.10 Å². The number of hydrogen-bond donors (Lipinski definition) is 3. The summed E-state index contributed by atoms with van der Waals surface area (Å²) in [7, 11) is 0. The van der Waals surface area contributed by atoms with E-state index in [1.807, 2.05) is 23.6 Å². The van der Waals surface area contributed by atoms with Gasteiger partial charge in [0.25, 0.3) is 5.91 Å². The van der Waals surface area contributed by atoms with Crippen molar-refractivity contribution < 1.29 is 4.79 Å². The summed E-state index contributed by atoms with van der Waals surface area (Å²) < 4.78 is 1.95. The van der Waals surface area contributed by atoms with Crippen molar-refractivity contribution in [2.24, 2.45) is 0 Å². The van der Waals surface area contributed by atoms with Crippen LogP contribution in [0.2, 0.25) is 5.02 Å². The van der Waals surface area contributed by atoms with Crippen molar-refractivity contribution >= 4 is 46.9 Å². The molecule has 2 aromatic heterocycles. The lowest BCUT2D eigenvalue weighted by Gasteiger charge is -2.13. The van der Waals surface area contributed by atoms with E-state index in [0.717, 1.165) is 35.3 Å². The van der Waals surface area contributed by atoms with E-state index < -0.39 is 0 Å². The van der Waals surface area contributed by atoms with Crippen LogP contribution in [-0.4, -0.2) is 32.2 Å². The topological polar surface area (TPSA) is 87.6 Å². The molecule has 0 saturated heterocycles. The number of imidazole rings is 1. The van der Waals surface area contributed by atoms with Crippen LogP contribution in [-0.2, 0) is 19.5 Å². The molecular formula is C16H18Cl2N6O. The Morgan fingerprint density at radius 2 is 2.28 bits per heavy atom. The smallest absolute Gasteiger partial charge is 0.278 e. The molecule has 132 valence electrons. The first-order valence-corrected chi connectivity index (χ1v) is 8.29. The Morgan fingerprint density at radius 1 is 1.44 bits per heavy atom. The maximum atomic E-state index is 12.7. The number of amides is 1. The fourth-order valence-electron chi connectivity index (χ4n) is 3.09. The van der Waals surface area contributed by atoms with Crippen LogP contribution in [0.5, 0.6) is 0 Å². The molecule has 0 radical (unpaired) electrons. The summed E-state index contributed by atoms with van der Waals surface area (Å²) >= 11 is 6.03. The molecule has 0 bridgehead atoms. The van der Waals surface area contributed by atoms with Gasteiger partial charge in [-0.05, 0) is 25.1 Å². The Labute approximate surface area is 155 Å². The molecule has 0 aliphatic carbocycles. The number of carbonyl (C=O) groups is 1. The number of fused-ring (bicyclic) bond motifs is 2. The summed E-state index contributed by atoms with van der Waals surface area (Å²) in [5, 5.41) is 13.9. The van der Waals surface area contributed by atoms with Gasteiger partial charge in [-0.15, -0.1) is 12.4 Å². The molecule has 0 saturated carbocycles. The van der Waals surface area contributed by atoms with Crippen LogP contribution in [0.1, 0.15) is 28.7 Å². The largest absolute Gasteiger partial charge is 0.312 e. The van der Waals surface area contributed by atoms with Gasteiger partial charge in [0.15, 0.2) is 5.69 Å². The first kappa shape index (κ1) is 17.7. The number of aryl methyl sites for hydroxylation is 1. The first-order valence-electron chi connectivity index (χ1n) is 7.91. The van der Waals surface area contributed by atoms with Gasteiger partial charge in [-0.3, -0.25) is 15.2 Å². The molecular weight excluding hydrogens is 363 g/mol. The van der Waals surface area contributed by atoms with Crippen LogP contribution in [0.25, 0.3) is 11.0 Å². The minimum atomic E-state index is -0.257. The van der Waals surface area contributed by atoms with Crippen molar-refractivity contribution in [1.82, 2.24) is 25.1 Å². The van der Waals surface area contributed by atoms with E-state index in [1.165, 1.54) is 0 Å². The maximum Gasteiger partial charge on any atom is 0.278 e. The van der Waals surface area contributed by atoms with E-state index in [1.54, 1.807) is 6.07 Å². The molecule has 0 spiro atoms. The lowest BCUT2D eigenvalue weighted by Crippen LogP contribution is -2.25. The quantitative estimate of drug-likeness (QED) is 0.651. The summed E-state index contributed by atoms with van der Waals surface area (Å²) in [5.74, 6) is 0.243.